The summed E-state index contributed by atoms with van der Waals surface area (Å²) in [5, 5.41) is 8.11. The highest BCUT2D eigenvalue weighted by Gasteiger charge is 2.23. The van der Waals surface area contributed by atoms with Crippen molar-refractivity contribution < 1.29 is 9.59 Å². The fourth-order valence-electron chi connectivity index (χ4n) is 2.97. The van der Waals surface area contributed by atoms with Crippen molar-refractivity contribution in [3.63, 3.8) is 0 Å². The van der Waals surface area contributed by atoms with E-state index in [1.165, 1.54) is 22.7 Å². The first-order valence-electron chi connectivity index (χ1n) is 9.15. The van der Waals surface area contributed by atoms with Crippen LogP contribution < -0.4 is 10.6 Å². The van der Waals surface area contributed by atoms with Crippen LogP contribution in [0.15, 0.2) is 66.0 Å². The summed E-state index contributed by atoms with van der Waals surface area (Å²) >= 11 is 2.77. The van der Waals surface area contributed by atoms with Crippen molar-refractivity contribution in [2.75, 3.05) is 5.32 Å². The highest BCUT2D eigenvalue weighted by molar-refractivity contribution is 7.22. The van der Waals surface area contributed by atoms with Crippen LogP contribution in [0.3, 0.4) is 0 Å². The Labute approximate surface area is 176 Å². The molecular formula is C22H19N3O2S2. The van der Waals surface area contributed by atoms with Crippen molar-refractivity contribution >= 4 is 49.8 Å². The Bertz CT molecular complexity index is 1140. The first-order chi connectivity index (χ1) is 14.1. The van der Waals surface area contributed by atoms with E-state index in [1.54, 1.807) is 6.07 Å². The standard InChI is InChI=1S/C22H19N3O2S2/c1-14-9-10-16-19(12-14)29-22(24-16)25-20(26)17(13-15-6-3-2-4-7-15)23-21(27)18-8-5-11-28-18/h2-12,17H,13H2,1H3,(H,23,27)(H,24,25,26). The van der Waals surface area contributed by atoms with E-state index >= 15 is 0 Å². The van der Waals surface area contributed by atoms with Gasteiger partial charge in [0.1, 0.15) is 6.04 Å². The van der Waals surface area contributed by atoms with E-state index < -0.39 is 6.04 Å². The molecule has 2 aromatic carbocycles. The third-order valence-electron chi connectivity index (χ3n) is 4.42. The molecule has 4 rings (SSSR count). The summed E-state index contributed by atoms with van der Waals surface area (Å²) in [4.78, 5) is 30.6. The molecule has 5 nitrogen and oxygen atoms in total. The van der Waals surface area contributed by atoms with Crippen molar-refractivity contribution in [3.8, 4) is 0 Å². The van der Waals surface area contributed by atoms with Crippen LogP contribution in [0.4, 0.5) is 5.13 Å². The van der Waals surface area contributed by atoms with Crippen LogP contribution in [0.2, 0.25) is 0 Å². The van der Waals surface area contributed by atoms with Gasteiger partial charge >= 0.3 is 0 Å². The number of aromatic nitrogens is 1. The molecule has 0 spiro atoms. The van der Waals surface area contributed by atoms with Gasteiger partial charge < -0.3 is 10.6 Å². The van der Waals surface area contributed by atoms with Gasteiger partial charge in [-0.25, -0.2) is 4.98 Å². The minimum absolute atomic E-state index is 0.254. The molecular weight excluding hydrogens is 402 g/mol. The Morgan fingerprint density at radius 2 is 1.90 bits per heavy atom. The Balaban J connectivity index is 1.54. The van der Waals surface area contributed by atoms with E-state index in [4.69, 9.17) is 0 Å². The number of hydrogen-bond donors (Lipinski definition) is 2. The monoisotopic (exact) mass is 421 g/mol. The maximum absolute atomic E-state index is 13.0. The molecule has 2 N–H and O–H groups in total. The van der Waals surface area contributed by atoms with Crippen LogP contribution in [0.25, 0.3) is 10.2 Å². The van der Waals surface area contributed by atoms with Gasteiger partial charge in [0.25, 0.3) is 5.91 Å². The molecule has 7 heteroatoms. The molecule has 0 aliphatic carbocycles. The molecule has 2 heterocycles. The minimum Gasteiger partial charge on any atom is -0.339 e. The maximum Gasteiger partial charge on any atom is 0.262 e. The molecule has 0 aliphatic heterocycles. The smallest absolute Gasteiger partial charge is 0.262 e. The Hall–Kier alpha value is -3.03. The third-order valence-corrected chi connectivity index (χ3v) is 6.23. The quantitative estimate of drug-likeness (QED) is 0.476. The number of rotatable bonds is 6. The molecule has 2 aromatic heterocycles. The van der Waals surface area contributed by atoms with Crippen LogP contribution in [0, 0.1) is 6.92 Å². The van der Waals surface area contributed by atoms with E-state index in [0.29, 0.717) is 16.4 Å². The number of nitrogens with one attached hydrogen (secondary N) is 2. The summed E-state index contributed by atoms with van der Waals surface area (Å²) in [6, 6.07) is 18.5. The van der Waals surface area contributed by atoms with Gasteiger partial charge in [-0.05, 0) is 41.6 Å². The van der Waals surface area contributed by atoms with Gasteiger partial charge in [0.2, 0.25) is 5.91 Å². The average molecular weight is 422 g/mol. The third kappa shape index (κ3) is 4.70. The molecule has 0 aliphatic rings. The van der Waals surface area contributed by atoms with Crippen LogP contribution in [-0.4, -0.2) is 22.8 Å². The number of nitrogens with zero attached hydrogens (tertiary/aromatic N) is 1. The maximum atomic E-state index is 13.0. The fourth-order valence-corrected chi connectivity index (χ4v) is 4.57. The summed E-state index contributed by atoms with van der Waals surface area (Å²) in [6.07, 6.45) is 0.397. The minimum atomic E-state index is -0.708. The summed E-state index contributed by atoms with van der Waals surface area (Å²) in [6.45, 7) is 2.02. The Morgan fingerprint density at radius 1 is 1.07 bits per heavy atom. The Kier molecular flexibility index (Phi) is 5.69. The first kappa shape index (κ1) is 19.3. The van der Waals surface area contributed by atoms with Gasteiger partial charge in [0, 0.05) is 6.42 Å². The normalized spacial score (nSPS) is 11.9. The molecule has 29 heavy (non-hydrogen) atoms. The summed E-state index contributed by atoms with van der Waals surface area (Å²) in [7, 11) is 0. The average Bonchev–Trinajstić information content (AvgIpc) is 3.37. The molecule has 0 saturated heterocycles. The van der Waals surface area contributed by atoms with Crippen LogP contribution in [-0.2, 0) is 11.2 Å². The van der Waals surface area contributed by atoms with Gasteiger partial charge in [0.05, 0.1) is 15.1 Å². The predicted molar refractivity (Wildman–Crippen MR) is 119 cm³/mol. The van der Waals surface area contributed by atoms with Gasteiger partial charge in [0.15, 0.2) is 5.13 Å². The van der Waals surface area contributed by atoms with Crippen LogP contribution in [0.1, 0.15) is 20.8 Å². The number of aryl methyl sites for hydroxylation is 1. The number of thiazole rings is 1. The number of fused-ring (bicyclic) bond motifs is 1. The lowest BCUT2D eigenvalue weighted by molar-refractivity contribution is -0.118. The number of hydrogen-bond acceptors (Lipinski definition) is 5. The van der Waals surface area contributed by atoms with Crippen molar-refractivity contribution in [1.29, 1.82) is 0 Å². The van der Waals surface area contributed by atoms with Crippen molar-refractivity contribution in [2.45, 2.75) is 19.4 Å². The number of amides is 2. The summed E-state index contributed by atoms with van der Waals surface area (Å²) in [5.41, 5.74) is 2.96. The number of carbonyl (C=O) groups is 2. The van der Waals surface area contributed by atoms with E-state index in [9.17, 15) is 9.59 Å². The predicted octanol–water partition coefficient (Wildman–Crippen LogP) is 4.65. The lowest BCUT2D eigenvalue weighted by Crippen LogP contribution is -2.45. The van der Waals surface area contributed by atoms with Gasteiger partial charge in [-0.1, -0.05) is 53.8 Å². The van der Waals surface area contributed by atoms with Gasteiger partial charge in [-0.3, -0.25) is 9.59 Å². The van der Waals surface area contributed by atoms with Gasteiger partial charge in [-0.15, -0.1) is 11.3 Å². The molecule has 1 atom stereocenters. The van der Waals surface area contributed by atoms with Crippen molar-refractivity contribution in [3.05, 3.63) is 82.0 Å². The van der Waals surface area contributed by atoms with Crippen LogP contribution >= 0.6 is 22.7 Å². The van der Waals surface area contributed by atoms with E-state index in [1.807, 2.05) is 66.9 Å². The zero-order chi connectivity index (χ0) is 20.2. The molecule has 0 fully saturated rings. The molecule has 0 bridgehead atoms. The van der Waals surface area contributed by atoms with Crippen molar-refractivity contribution in [1.82, 2.24) is 10.3 Å². The largest absolute Gasteiger partial charge is 0.339 e. The lowest BCUT2D eigenvalue weighted by atomic mass is 10.1. The fraction of sp³-hybridized carbons (Fsp3) is 0.136. The van der Waals surface area contributed by atoms with E-state index in [-0.39, 0.29) is 11.8 Å². The zero-order valence-electron chi connectivity index (χ0n) is 15.7. The topological polar surface area (TPSA) is 71.1 Å². The highest BCUT2D eigenvalue weighted by atomic mass is 32.1. The first-order valence-corrected chi connectivity index (χ1v) is 10.8. The number of anilines is 1. The molecule has 0 radical (unpaired) electrons. The number of carbonyl (C=O) groups excluding carboxylic acids is 2. The summed E-state index contributed by atoms with van der Waals surface area (Å²) < 4.78 is 1.02. The molecule has 146 valence electrons. The van der Waals surface area contributed by atoms with E-state index in [0.717, 1.165) is 21.3 Å². The van der Waals surface area contributed by atoms with Crippen molar-refractivity contribution in [2.24, 2.45) is 0 Å². The lowest BCUT2D eigenvalue weighted by Gasteiger charge is -2.17. The Morgan fingerprint density at radius 3 is 2.66 bits per heavy atom. The second-order valence-corrected chi connectivity index (χ2v) is 8.65. The zero-order valence-corrected chi connectivity index (χ0v) is 17.3. The highest BCUT2D eigenvalue weighted by Crippen LogP contribution is 2.26. The number of benzene rings is 2. The second-order valence-electron chi connectivity index (χ2n) is 6.67. The molecule has 0 saturated carbocycles. The summed E-state index contributed by atoms with van der Waals surface area (Å²) in [5.74, 6) is -0.537. The van der Waals surface area contributed by atoms with Gasteiger partial charge in [-0.2, -0.15) is 0 Å². The van der Waals surface area contributed by atoms with E-state index in [2.05, 4.69) is 15.6 Å². The molecule has 1 unspecified atom stereocenters. The second kappa shape index (κ2) is 8.55. The SMILES string of the molecule is Cc1ccc2nc(NC(=O)C(Cc3ccccc3)NC(=O)c3cccs3)sc2c1. The molecule has 4 aromatic rings. The van der Waals surface area contributed by atoms with Crippen LogP contribution in [0.5, 0.6) is 0 Å². The molecule has 2 amide bonds. The number of thiophene rings is 1.